The topological polar surface area (TPSA) is 115 Å². The van der Waals surface area contributed by atoms with Crippen molar-refractivity contribution in [1.29, 1.82) is 0 Å². The van der Waals surface area contributed by atoms with Crippen LogP contribution in [0.3, 0.4) is 0 Å². The number of sulfonamides is 1. The number of aromatic nitrogens is 3. The normalized spacial score (nSPS) is 15.6. The number of rotatable bonds is 4. The van der Waals surface area contributed by atoms with Gasteiger partial charge in [-0.2, -0.15) is 4.31 Å². The van der Waals surface area contributed by atoms with Crippen LogP contribution in [0.4, 0.5) is 4.79 Å². The zero-order valence-corrected chi connectivity index (χ0v) is 21.7. The Labute approximate surface area is 212 Å². The van der Waals surface area contributed by atoms with Crippen molar-refractivity contribution < 1.29 is 22.7 Å². The molecule has 0 unspecified atom stereocenters. The number of amides is 1. The first-order valence-corrected chi connectivity index (χ1v) is 13.6. The molecule has 0 spiro atoms. The summed E-state index contributed by atoms with van der Waals surface area (Å²) in [5.74, 6) is -0.344. The van der Waals surface area contributed by atoms with Crippen LogP contribution in [0.25, 0.3) is 21.1 Å². The zero-order valence-electron chi connectivity index (χ0n) is 20.0. The number of piperazine rings is 1. The minimum atomic E-state index is -3.84. The van der Waals surface area contributed by atoms with Crippen molar-refractivity contribution in [3.63, 3.8) is 0 Å². The van der Waals surface area contributed by atoms with Crippen LogP contribution in [0.5, 0.6) is 0 Å². The van der Waals surface area contributed by atoms with Gasteiger partial charge < -0.3 is 9.64 Å². The lowest BCUT2D eigenvalue weighted by molar-refractivity contribution is -0.134. The van der Waals surface area contributed by atoms with E-state index in [9.17, 15) is 18.0 Å². The smallest absolute Gasteiger partial charge is 0.419 e. The largest absolute Gasteiger partial charge is 0.443 e. The third-order valence-electron chi connectivity index (χ3n) is 5.76. The van der Waals surface area contributed by atoms with E-state index in [0.29, 0.717) is 16.0 Å². The van der Waals surface area contributed by atoms with Crippen LogP contribution in [0, 0.1) is 0 Å². The van der Waals surface area contributed by atoms with Crippen molar-refractivity contribution in [3.8, 4) is 0 Å². The van der Waals surface area contributed by atoms with Crippen molar-refractivity contribution >= 4 is 54.5 Å². The van der Waals surface area contributed by atoms with Gasteiger partial charge in [0.25, 0.3) is 10.0 Å². The highest BCUT2D eigenvalue weighted by atomic mass is 32.2. The average molecular weight is 528 g/mol. The summed E-state index contributed by atoms with van der Waals surface area (Å²) < 4.78 is 34.9. The molecule has 0 aromatic carbocycles. The van der Waals surface area contributed by atoms with Gasteiger partial charge in [-0.3, -0.25) is 9.78 Å². The van der Waals surface area contributed by atoms with Crippen molar-refractivity contribution in [2.45, 2.75) is 37.1 Å². The minimum Gasteiger partial charge on any atom is -0.443 e. The molecule has 10 nitrogen and oxygen atoms in total. The molecule has 5 rings (SSSR count). The van der Waals surface area contributed by atoms with Crippen LogP contribution in [-0.2, 0) is 26.1 Å². The van der Waals surface area contributed by atoms with Gasteiger partial charge in [0.1, 0.15) is 14.6 Å². The predicted molar refractivity (Wildman–Crippen MR) is 135 cm³/mol. The van der Waals surface area contributed by atoms with Gasteiger partial charge in [0.2, 0.25) is 5.91 Å². The van der Waals surface area contributed by atoms with Crippen molar-refractivity contribution in [1.82, 2.24) is 23.7 Å². The molecule has 188 valence electrons. The highest BCUT2D eigenvalue weighted by Gasteiger charge is 2.35. The average Bonchev–Trinajstić information content (AvgIpc) is 3.41. The van der Waals surface area contributed by atoms with Gasteiger partial charge in [0.15, 0.2) is 0 Å². The first kappa shape index (κ1) is 24.3. The van der Waals surface area contributed by atoms with Gasteiger partial charge in [-0.1, -0.05) is 6.07 Å². The van der Waals surface area contributed by atoms with Gasteiger partial charge >= 0.3 is 6.09 Å². The first-order chi connectivity index (χ1) is 17.0. The van der Waals surface area contributed by atoms with Crippen LogP contribution in [-0.4, -0.2) is 69.4 Å². The third kappa shape index (κ3) is 4.59. The number of thiophene rings is 1. The van der Waals surface area contributed by atoms with Crippen molar-refractivity contribution in [2.75, 3.05) is 19.6 Å². The van der Waals surface area contributed by atoms with Crippen molar-refractivity contribution in [3.05, 3.63) is 54.6 Å². The summed E-state index contributed by atoms with van der Waals surface area (Å²) in [7, 11) is -3.84. The number of hydrogen-bond acceptors (Lipinski definition) is 8. The predicted octanol–water partition coefficient (Wildman–Crippen LogP) is 3.46. The number of nitrogens with zero attached hydrogens (tertiary/aromatic N) is 5. The summed E-state index contributed by atoms with van der Waals surface area (Å²) in [6.07, 6.45) is 4.30. The van der Waals surface area contributed by atoms with E-state index in [4.69, 9.17) is 4.74 Å². The minimum absolute atomic E-state index is 0.132. The van der Waals surface area contributed by atoms with Gasteiger partial charge in [-0.05, 0) is 45.0 Å². The third-order valence-corrected chi connectivity index (χ3v) is 9.11. The molecule has 1 amide bonds. The Morgan fingerprint density at radius 3 is 2.67 bits per heavy atom. The molecule has 5 heterocycles. The van der Waals surface area contributed by atoms with Gasteiger partial charge in [-0.15, -0.1) is 11.3 Å². The number of pyridine rings is 2. The molecule has 0 radical (unpaired) electrons. The fourth-order valence-corrected chi connectivity index (χ4v) is 6.95. The van der Waals surface area contributed by atoms with Gasteiger partial charge in [0.05, 0.1) is 18.6 Å². The maximum atomic E-state index is 13.2. The summed E-state index contributed by atoms with van der Waals surface area (Å²) in [5.41, 5.74) is 0.490. The Balaban J connectivity index is 1.37. The van der Waals surface area contributed by atoms with Gasteiger partial charge in [-0.25, -0.2) is 22.8 Å². The van der Waals surface area contributed by atoms with Gasteiger partial charge in [0, 0.05) is 48.1 Å². The molecular weight excluding hydrogens is 502 g/mol. The maximum Gasteiger partial charge on any atom is 0.419 e. The molecule has 0 bridgehead atoms. The standard InChI is InChI=1S/C24H25N5O5S2/c1-24(2,3)34-23(31)29-18(11-17-13-25-8-6-19(17)29)14-27-9-10-28(15-20(27)30)36(32,33)21-12-16-5-4-7-26-22(16)35-21/h4-8,11-13H,9-10,14-15H2,1-3H3. The molecule has 0 saturated carbocycles. The van der Waals surface area contributed by atoms with Crippen LogP contribution in [0.1, 0.15) is 26.5 Å². The molecule has 4 aromatic heterocycles. The summed E-state index contributed by atoms with van der Waals surface area (Å²) in [6, 6.07) is 8.66. The van der Waals surface area contributed by atoms with E-state index in [1.54, 1.807) is 74.6 Å². The number of fused-ring (bicyclic) bond motifs is 2. The lowest BCUT2D eigenvalue weighted by Crippen LogP contribution is -2.51. The molecule has 0 aliphatic carbocycles. The van der Waals surface area contributed by atoms with E-state index >= 15 is 0 Å². The maximum absolute atomic E-state index is 13.2. The SMILES string of the molecule is CC(C)(C)OC(=O)n1c(CN2CCN(S(=O)(=O)c3cc4cccnc4s3)CC2=O)cc2cnccc21. The number of carbonyl (C=O) groups excluding carboxylic acids is 2. The molecule has 36 heavy (non-hydrogen) atoms. The Bertz CT molecular complexity index is 1550. The molecule has 4 aromatic rings. The Hall–Kier alpha value is -3.35. The fourth-order valence-electron chi connectivity index (χ4n) is 4.11. The van der Waals surface area contributed by atoms with E-state index in [0.717, 1.165) is 22.1 Å². The Morgan fingerprint density at radius 2 is 1.94 bits per heavy atom. The monoisotopic (exact) mass is 527 g/mol. The quantitative estimate of drug-likeness (QED) is 0.399. The molecular formula is C24H25N5O5S2. The molecule has 12 heteroatoms. The van der Waals surface area contributed by atoms with E-state index in [1.165, 1.54) is 8.87 Å². The highest BCUT2D eigenvalue weighted by molar-refractivity contribution is 7.91. The van der Waals surface area contributed by atoms with Crippen LogP contribution < -0.4 is 0 Å². The molecule has 0 N–H and O–H groups in total. The Morgan fingerprint density at radius 1 is 1.14 bits per heavy atom. The molecule has 1 aliphatic rings. The summed E-state index contributed by atoms with van der Waals surface area (Å²) >= 11 is 1.09. The first-order valence-electron chi connectivity index (χ1n) is 11.3. The Kier molecular flexibility index (Phi) is 6.05. The molecule has 1 fully saturated rings. The lowest BCUT2D eigenvalue weighted by Gasteiger charge is -2.33. The van der Waals surface area contributed by atoms with Crippen LogP contribution in [0.15, 0.2) is 53.1 Å². The second-order valence-corrected chi connectivity index (χ2v) is 12.7. The van der Waals surface area contributed by atoms with Crippen LogP contribution in [0.2, 0.25) is 0 Å². The second-order valence-electron chi connectivity index (χ2n) is 9.50. The number of hydrogen-bond donors (Lipinski definition) is 0. The summed E-state index contributed by atoms with van der Waals surface area (Å²) in [4.78, 5) is 36.6. The molecule has 0 atom stereocenters. The van der Waals surface area contributed by atoms with Crippen molar-refractivity contribution in [2.24, 2.45) is 0 Å². The summed E-state index contributed by atoms with van der Waals surface area (Å²) in [5, 5.41) is 1.49. The zero-order chi connectivity index (χ0) is 25.7. The summed E-state index contributed by atoms with van der Waals surface area (Å²) in [6.45, 7) is 5.54. The molecule has 1 aliphatic heterocycles. The number of ether oxygens (including phenoxy) is 1. The molecule has 1 saturated heterocycles. The second kappa shape index (κ2) is 8.95. The van der Waals surface area contributed by atoms with E-state index in [2.05, 4.69) is 9.97 Å². The lowest BCUT2D eigenvalue weighted by atomic mass is 10.2. The van der Waals surface area contributed by atoms with E-state index in [1.807, 2.05) is 0 Å². The van der Waals surface area contributed by atoms with E-state index in [-0.39, 0.29) is 36.3 Å². The van der Waals surface area contributed by atoms with E-state index < -0.39 is 21.7 Å². The fraction of sp³-hybridized carbons (Fsp3) is 0.333. The number of carbonyl (C=O) groups is 2. The van der Waals surface area contributed by atoms with Crippen LogP contribution >= 0.6 is 11.3 Å². The highest BCUT2D eigenvalue weighted by Crippen LogP contribution is 2.30.